The van der Waals surface area contributed by atoms with E-state index in [1.165, 1.54) is 24.9 Å². The Labute approximate surface area is 201 Å². The van der Waals surface area contributed by atoms with E-state index in [0.717, 1.165) is 11.6 Å². The highest BCUT2D eigenvalue weighted by molar-refractivity contribution is 8.24. The number of benzene rings is 2. The summed E-state index contributed by atoms with van der Waals surface area (Å²) in [6, 6.07) is 6.23. The minimum atomic E-state index is -4.99. The fourth-order valence-electron chi connectivity index (χ4n) is 3.48. The molecule has 0 aromatic heterocycles. The van der Waals surface area contributed by atoms with Crippen LogP contribution in [0.15, 0.2) is 36.4 Å². The van der Waals surface area contributed by atoms with E-state index in [1.54, 1.807) is 12.1 Å². The van der Waals surface area contributed by atoms with Crippen LogP contribution in [0.2, 0.25) is 0 Å². The lowest BCUT2D eigenvalue weighted by Gasteiger charge is -2.18. The summed E-state index contributed by atoms with van der Waals surface area (Å²) in [5.74, 6) is 0.139. The average molecular weight is 524 g/mol. The molecule has 12 heteroatoms. The number of methoxy groups -OCH3 is 1. The first-order chi connectivity index (χ1) is 15.8. The molecule has 0 aliphatic carbocycles. The number of thioether (sulfide) groups is 1. The van der Waals surface area contributed by atoms with E-state index in [-0.39, 0.29) is 34.6 Å². The molecular formula is C22H19F6NO3S2. The van der Waals surface area contributed by atoms with Crippen LogP contribution in [0, 0.1) is 5.92 Å². The van der Waals surface area contributed by atoms with Crippen molar-refractivity contribution in [1.29, 1.82) is 0 Å². The van der Waals surface area contributed by atoms with Gasteiger partial charge in [0.1, 0.15) is 10.9 Å². The summed E-state index contributed by atoms with van der Waals surface area (Å²) < 4.78 is 89.8. The number of amides is 1. The van der Waals surface area contributed by atoms with Crippen molar-refractivity contribution in [3.05, 3.63) is 58.7 Å². The molecule has 1 heterocycles. The highest BCUT2D eigenvalue weighted by Gasteiger charge is 2.38. The average Bonchev–Trinajstić information content (AvgIpc) is 3.09. The summed E-state index contributed by atoms with van der Waals surface area (Å²) in [6.45, 7) is 1.28. The van der Waals surface area contributed by atoms with Gasteiger partial charge in [0, 0.05) is 5.56 Å². The summed E-state index contributed by atoms with van der Waals surface area (Å²) in [6.07, 6.45) is -9.39. The molecule has 184 valence electrons. The third kappa shape index (κ3) is 6.15. The maximum atomic E-state index is 13.4. The standard InChI is InChI=1S/C22H19F6NO3S2/c1-11(18-19(30)29-20(33)34-18)7-12-3-6-16(17(8-12)31-2)32-10-13-4-5-14(21(23,24)25)9-15(13)22(26,27)28/h3-6,8-9,11,18H,7,10H2,1-2H3,(H,29,30,33). The fraction of sp³-hybridized carbons (Fsp3) is 0.364. The summed E-state index contributed by atoms with van der Waals surface area (Å²) in [7, 11) is 1.35. The molecule has 3 rings (SSSR count). The number of thiocarbonyl (C=S) groups is 1. The Morgan fingerprint density at radius 1 is 1.06 bits per heavy atom. The number of hydrogen-bond acceptors (Lipinski definition) is 5. The molecule has 1 fully saturated rings. The third-order valence-corrected chi connectivity index (χ3v) is 6.79. The SMILES string of the molecule is COc1cc(CC(C)C2SC(=S)NC2=O)ccc1OCc1ccc(C(F)(F)F)cc1C(F)(F)F. The van der Waals surface area contributed by atoms with Crippen molar-refractivity contribution < 1.29 is 40.6 Å². The van der Waals surface area contributed by atoms with Crippen LogP contribution in [0.3, 0.4) is 0 Å². The van der Waals surface area contributed by atoms with Gasteiger partial charge in [-0.1, -0.05) is 43.0 Å². The van der Waals surface area contributed by atoms with E-state index in [2.05, 4.69) is 5.32 Å². The van der Waals surface area contributed by atoms with Gasteiger partial charge < -0.3 is 14.8 Å². The first-order valence-corrected chi connectivity index (χ1v) is 11.2. The molecule has 0 bridgehead atoms. The van der Waals surface area contributed by atoms with Gasteiger partial charge in [-0.15, -0.1) is 0 Å². The fourth-order valence-corrected chi connectivity index (χ4v) is 4.78. The third-order valence-electron chi connectivity index (χ3n) is 5.15. The van der Waals surface area contributed by atoms with Crippen LogP contribution in [-0.4, -0.2) is 22.6 Å². The number of hydrogen-bond donors (Lipinski definition) is 1. The lowest BCUT2D eigenvalue weighted by Crippen LogP contribution is -2.29. The van der Waals surface area contributed by atoms with Crippen molar-refractivity contribution in [2.45, 2.75) is 37.6 Å². The molecule has 4 nitrogen and oxygen atoms in total. The number of carbonyl (C=O) groups is 1. The van der Waals surface area contributed by atoms with Gasteiger partial charge in [-0.3, -0.25) is 4.79 Å². The number of carbonyl (C=O) groups excluding carboxylic acids is 1. The van der Waals surface area contributed by atoms with Crippen LogP contribution >= 0.6 is 24.0 Å². The highest BCUT2D eigenvalue weighted by Crippen LogP contribution is 2.38. The molecule has 1 N–H and O–H groups in total. The molecule has 0 saturated carbocycles. The smallest absolute Gasteiger partial charge is 0.416 e. The highest BCUT2D eigenvalue weighted by atomic mass is 32.2. The molecule has 1 saturated heterocycles. The number of ether oxygens (including phenoxy) is 2. The van der Waals surface area contributed by atoms with Crippen molar-refractivity contribution in [3.8, 4) is 11.5 Å². The zero-order chi connectivity index (χ0) is 25.3. The van der Waals surface area contributed by atoms with E-state index < -0.39 is 35.6 Å². The molecule has 0 spiro atoms. The maximum Gasteiger partial charge on any atom is 0.416 e. The van der Waals surface area contributed by atoms with E-state index in [0.29, 0.717) is 16.8 Å². The van der Waals surface area contributed by atoms with Crippen molar-refractivity contribution in [2.24, 2.45) is 5.92 Å². The van der Waals surface area contributed by atoms with E-state index in [4.69, 9.17) is 21.7 Å². The van der Waals surface area contributed by atoms with E-state index in [9.17, 15) is 31.1 Å². The molecule has 1 aliphatic rings. The zero-order valence-electron chi connectivity index (χ0n) is 17.8. The van der Waals surface area contributed by atoms with Gasteiger partial charge in [-0.25, -0.2) is 0 Å². The van der Waals surface area contributed by atoms with Gasteiger partial charge in [0.15, 0.2) is 11.5 Å². The van der Waals surface area contributed by atoms with Gasteiger partial charge >= 0.3 is 12.4 Å². The van der Waals surface area contributed by atoms with Gasteiger partial charge in [0.05, 0.1) is 23.5 Å². The van der Waals surface area contributed by atoms with Crippen molar-refractivity contribution in [3.63, 3.8) is 0 Å². The molecule has 0 radical (unpaired) electrons. The molecule has 2 atom stereocenters. The lowest BCUT2D eigenvalue weighted by atomic mass is 9.97. The predicted molar refractivity (Wildman–Crippen MR) is 119 cm³/mol. The summed E-state index contributed by atoms with van der Waals surface area (Å²) in [5.41, 5.74) is -2.46. The minimum Gasteiger partial charge on any atom is -0.493 e. The Morgan fingerprint density at radius 3 is 2.32 bits per heavy atom. The van der Waals surface area contributed by atoms with Crippen molar-refractivity contribution >= 4 is 34.2 Å². The lowest BCUT2D eigenvalue weighted by molar-refractivity contribution is -0.143. The number of alkyl halides is 6. The predicted octanol–water partition coefficient (Wildman–Crippen LogP) is 6.01. The summed E-state index contributed by atoms with van der Waals surface area (Å²) in [4.78, 5) is 12.0. The van der Waals surface area contributed by atoms with Crippen LogP contribution in [0.4, 0.5) is 26.3 Å². The second kappa shape index (κ2) is 10.0. The molecule has 1 amide bonds. The molecule has 2 unspecified atom stereocenters. The number of halogens is 6. The largest absolute Gasteiger partial charge is 0.493 e. The summed E-state index contributed by atoms with van der Waals surface area (Å²) in [5, 5.41) is 2.25. The van der Waals surface area contributed by atoms with Crippen LogP contribution in [0.1, 0.15) is 29.2 Å². The Balaban J connectivity index is 1.76. The van der Waals surface area contributed by atoms with Gasteiger partial charge in [-0.05, 0) is 42.2 Å². The Kier molecular flexibility index (Phi) is 7.71. The minimum absolute atomic E-state index is 0.0663. The topological polar surface area (TPSA) is 47.6 Å². The molecule has 2 aromatic rings. The van der Waals surface area contributed by atoms with Crippen LogP contribution in [0.5, 0.6) is 11.5 Å². The second-order valence-corrected chi connectivity index (χ2v) is 9.46. The van der Waals surface area contributed by atoms with Gasteiger partial charge in [0.25, 0.3) is 0 Å². The Hall–Kier alpha value is -2.47. The molecule has 2 aromatic carbocycles. The first-order valence-electron chi connectivity index (χ1n) is 9.88. The van der Waals surface area contributed by atoms with E-state index in [1.807, 2.05) is 6.92 Å². The number of rotatable bonds is 7. The van der Waals surface area contributed by atoms with E-state index >= 15 is 0 Å². The quantitative estimate of drug-likeness (QED) is 0.356. The monoisotopic (exact) mass is 523 g/mol. The normalized spacial score (nSPS) is 17.5. The Morgan fingerprint density at radius 2 is 1.76 bits per heavy atom. The Bertz CT molecular complexity index is 1090. The van der Waals surface area contributed by atoms with Gasteiger partial charge in [-0.2, -0.15) is 26.3 Å². The maximum absolute atomic E-state index is 13.4. The van der Waals surface area contributed by atoms with Crippen molar-refractivity contribution in [1.82, 2.24) is 5.32 Å². The number of nitrogens with one attached hydrogen (secondary N) is 1. The van der Waals surface area contributed by atoms with Crippen LogP contribution < -0.4 is 14.8 Å². The molecular weight excluding hydrogens is 504 g/mol. The van der Waals surface area contributed by atoms with Crippen LogP contribution in [-0.2, 0) is 30.2 Å². The van der Waals surface area contributed by atoms with Crippen molar-refractivity contribution in [2.75, 3.05) is 7.11 Å². The van der Waals surface area contributed by atoms with Gasteiger partial charge in [0.2, 0.25) is 5.91 Å². The first kappa shape index (κ1) is 26.1. The zero-order valence-corrected chi connectivity index (χ0v) is 19.5. The van der Waals surface area contributed by atoms with Crippen LogP contribution in [0.25, 0.3) is 0 Å². The molecule has 1 aliphatic heterocycles. The second-order valence-electron chi connectivity index (χ2n) is 7.64. The summed E-state index contributed by atoms with van der Waals surface area (Å²) >= 11 is 6.29. The molecule has 34 heavy (non-hydrogen) atoms.